The van der Waals surface area contributed by atoms with E-state index in [9.17, 15) is 17.2 Å². The van der Waals surface area contributed by atoms with Crippen molar-refractivity contribution < 1.29 is 21.9 Å². The van der Waals surface area contributed by atoms with Crippen molar-refractivity contribution in [3.05, 3.63) is 53.7 Å². The first kappa shape index (κ1) is 18.7. The van der Waals surface area contributed by atoms with Gasteiger partial charge in [-0.1, -0.05) is 6.07 Å². The Hall–Kier alpha value is -2.10. The smallest absolute Gasteiger partial charge is 0.244 e. The maximum absolute atomic E-state index is 13.3. The summed E-state index contributed by atoms with van der Waals surface area (Å²) in [6, 6.07) is 6.34. The summed E-state index contributed by atoms with van der Waals surface area (Å²) in [5.74, 6) is -1.39. The zero-order valence-corrected chi connectivity index (χ0v) is 15.0. The van der Waals surface area contributed by atoms with Crippen LogP contribution in [0.3, 0.4) is 0 Å². The zero-order valence-electron chi connectivity index (χ0n) is 14.2. The van der Waals surface area contributed by atoms with Crippen molar-refractivity contribution >= 4 is 15.8 Å². The Kier molecular flexibility index (Phi) is 5.49. The molecule has 3 rings (SSSR count). The summed E-state index contributed by atoms with van der Waals surface area (Å²) >= 11 is 0. The van der Waals surface area contributed by atoms with Gasteiger partial charge in [-0.25, -0.2) is 22.2 Å². The Morgan fingerprint density at radius 2 is 1.88 bits per heavy atom. The maximum atomic E-state index is 13.3. The molecule has 0 spiro atoms. The van der Waals surface area contributed by atoms with Crippen LogP contribution in [0.4, 0.5) is 14.6 Å². The monoisotopic (exact) mass is 383 g/mol. The second-order valence-electron chi connectivity index (χ2n) is 5.94. The number of halogens is 2. The molecule has 2 aromatic rings. The van der Waals surface area contributed by atoms with E-state index >= 15 is 0 Å². The third-order valence-corrected chi connectivity index (χ3v) is 6.03. The number of anilines is 1. The average Bonchev–Trinajstić information content (AvgIpc) is 2.65. The molecule has 1 aliphatic rings. The Balaban J connectivity index is 1.71. The number of pyridine rings is 1. The highest BCUT2D eigenvalue weighted by atomic mass is 32.2. The van der Waals surface area contributed by atoms with Crippen molar-refractivity contribution in [2.75, 3.05) is 31.6 Å². The number of hydrogen-bond acceptors (Lipinski definition) is 5. The van der Waals surface area contributed by atoms with Gasteiger partial charge < -0.3 is 10.1 Å². The Labute approximate surface area is 150 Å². The van der Waals surface area contributed by atoms with E-state index in [0.717, 1.165) is 12.1 Å². The van der Waals surface area contributed by atoms with Gasteiger partial charge in [0.2, 0.25) is 10.0 Å². The highest BCUT2D eigenvalue weighted by Gasteiger charge is 2.26. The second kappa shape index (κ2) is 7.65. The summed E-state index contributed by atoms with van der Waals surface area (Å²) < 4.78 is 58.0. The Morgan fingerprint density at radius 3 is 2.50 bits per heavy atom. The van der Waals surface area contributed by atoms with E-state index < -0.39 is 21.7 Å². The molecule has 140 valence electrons. The lowest BCUT2D eigenvalue weighted by molar-refractivity contribution is 0.0730. The number of morpholine rings is 1. The molecule has 0 aliphatic carbocycles. The molecule has 0 radical (unpaired) electrons. The fraction of sp³-hybridized carbons (Fsp3) is 0.353. The minimum absolute atomic E-state index is 0.102. The van der Waals surface area contributed by atoms with Gasteiger partial charge in [-0.3, -0.25) is 0 Å². The molecular weight excluding hydrogens is 364 g/mol. The lowest BCUT2D eigenvalue weighted by Gasteiger charge is -2.26. The van der Waals surface area contributed by atoms with Gasteiger partial charge in [0, 0.05) is 19.3 Å². The third-order valence-electron chi connectivity index (χ3n) is 4.15. The highest BCUT2D eigenvalue weighted by Crippen LogP contribution is 2.22. The quantitative estimate of drug-likeness (QED) is 0.859. The first-order valence-corrected chi connectivity index (χ1v) is 9.57. The summed E-state index contributed by atoms with van der Waals surface area (Å²) in [6.07, 6.45) is 1.28. The standard InChI is InChI=1S/C17H19F2N3O3S/c1-12(13-2-4-15(18)16(19)10-13)21-17-5-3-14(11-20-17)26(23,24)22-6-8-25-9-7-22/h2-5,10-12H,6-9H2,1H3,(H,20,21)/t12-/m0/s1. The number of ether oxygens (including phenoxy) is 1. The topological polar surface area (TPSA) is 71.5 Å². The van der Waals surface area contributed by atoms with Crippen molar-refractivity contribution in [1.82, 2.24) is 9.29 Å². The molecule has 9 heteroatoms. The molecule has 0 amide bonds. The molecule has 1 atom stereocenters. The van der Waals surface area contributed by atoms with E-state index in [4.69, 9.17) is 4.74 Å². The van der Waals surface area contributed by atoms with Gasteiger partial charge in [0.05, 0.1) is 19.3 Å². The van der Waals surface area contributed by atoms with Crippen LogP contribution >= 0.6 is 0 Å². The summed E-state index contributed by atoms with van der Waals surface area (Å²) in [5.41, 5.74) is 0.552. The number of nitrogens with zero attached hydrogens (tertiary/aromatic N) is 2. The summed E-state index contributed by atoms with van der Waals surface area (Å²) in [5, 5.41) is 3.03. The van der Waals surface area contributed by atoms with Crippen LogP contribution in [0.25, 0.3) is 0 Å². The molecule has 0 unspecified atom stereocenters. The van der Waals surface area contributed by atoms with Crippen molar-refractivity contribution in [2.24, 2.45) is 0 Å². The van der Waals surface area contributed by atoms with Crippen LogP contribution in [0.2, 0.25) is 0 Å². The van der Waals surface area contributed by atoms with Crippen LogP contribution in [0.5, 0.6) is 0 Å². The van der Waals surface area contributed by atoms with Crippen LogP contribution < -0.4 is 5.32 Å². The van der Waals surface area contributed by atoms with E-state index in [1.807, 2.05) is 0 Å². The van der Waals surface area contributed by atoms with E-state index in [1.54, 1.807) is 13.0 Å². The summed E-state index contributed by atoms with van der Waals surface area (Å²) in [6.45, 7) is 3.15. The Morgan fingerprint density at radius 1 is 1.15 bits per heavy atom. The van der Waals surface area contributed by atoms with Crippen molar-refractivity contribution in [1.29, 1.82) is 0 Å². The lowest BCUT2D eigenvalue weighted by atomic mass is 10.1. The minimum Gasteiger partial charge on any atom is -0.379 e. The summed E-state index contributed by atoms with van der Waals surface area (Å²) in [7, 11) is -3.60. The predicted octanol–water partition coefficient (Wildman–Crippen LogP) is 2.55. The number of rotatable bonds is 5. The largest absolute Gasteiger partial charge is 0.379 e. The van der Waals surface area contributed by atoms with E-state index in [0.29, 0.717) is 37.7 Å². The van der Waals surface area contributed by atoms with E-state index in [-0.39, 0.29) is 10.9 Å². The number of hydrogen-bond donors (Lipinski definition) is 1. The SMILES string of the molecule is C[C@H](Nc1ccc(S(=O)(=O)N2CCOCC2)cn1)c1ccc(F)c(F)c1. The number of aromatic nitrogens is 1. The minimum atomic E-state index is -3.60. The summed E-state index contributed by atoms with van der Waals surface area (Å²) in [4.78, 5) is 4.23. The van der Waals surface area contributed by atoms with Gasteiger partial charge in [0.25, 0.3) is 0 Å². The van der Waals surface area contributed by atoms with Gasteiger partial charge >= 0.3 is 0 Å². The lowest BCUT2D eigenvalue weighted by Crippen LogP contribution is -2.40. The fourth-order valence-electron chi connectivity index (χ4n) is 2.64. The first-order chi connectivity index (χ1) is 12.4. The number of nitrogens with one attached hydrogen (secondary N) is 1. The molecule has 1 fully saturated rings. The van der Waals surface area contributed by atoms with Gasteiger partial charge in [-0.2, -0.15) is 4.31 Å². The van der Waals surface area contributed by atoms with Gasteiger partial charge in [0.1, 0.15) is 10.7 Å². The van der Waals surface area contributed by atoms with Crippen LogP contribution in [0, 0.1) is 11.6 Å². The fourth-order valence-corrected chi connectivity index (χ4v) is 4.00. The molecule has 6 nitrogen and oxygen atoms in total. The van der Waals surface area contributed by atoms with Gasteiger partial charge in [-0.15, -0.1) is 0 Å². The second-order valence-corrected chi connectivity index (χ2v) is 7.87. The molecule has 1 aromatic heterocycles. The molecular formula is C17H19F2N3O3S. The van der Waals surface area contributed by atoms with Crippen molar-refractivity contribution in [3.8, 4) is 0 Å². The molecule has 0 saturated carbocycles. The molecule has 2 heterocycles. The third kappa shape index (κ3) is 4.00. The molecule has 1 aliphatic heterocycles. The number of benzene rings is 1. The molecule has 26 heavy (non-hydrogen) atoms. The predicted molar refractivity (Wildman–Crippen MR) is 92.2 cm³/mol. The van der Waals surface area contributed by atoms with Gasteiger partial charge in [-0.05, 0) is 36.8 Å². The first-order valence-electron chi connectivity index (χ1n) is 8.13. The highest BCUT2D eigenvalue weighted by molar-refractivity contribution is 7.89. The van der Waals surface area contributed by atoms with Crippen LogP contribution in [-0.2, 0) is 14.8 Å². The maximum Gasteiger partial charge on any atom is 0.244 e. The molecule has 1 aromatic carbocycles. The van der Waals surface area contributed by atoms with E-state index in [2.05, 4.69) is 10.3 Å². The average molecular weight is 383 g/mol. The van der Waals surface area contributed by atoms with Crippen LogP contribution in [0.1, 0.15) is 18.5 Å². The molecule has 0 bridgehead atoms. The van der Waals surface area contributed by atoms with E-state index in [1.165, 1.54) is 22.6 Å². The van der Waals surface area contributed by atoms with Crippen molar-refractivity contribution in [2.45, 2.75) is 17.9 Å². The number of sulfonamides is 1. The zero-order chi connectivity index (χ0) is 18.7. The normalized spacial score (nSPS) is 17.0. The van der Waals surface area contributed by atoms with Crippen LogP contribution in [0.15, 0.2) is 41.4 Å². The molecule has 1 N–H and O–H groups in total. The van der Waals surface area contributed by atoms with Crippen molar-refractivity contribution in [3.63, 3.8) is 0 Å². The van der Waals surface area contributed by atoms with Gasteiger partial charge in [0.15, 0.2) is 11.6 Å². The molecule has 1 saturated heterocycles. The Bertz CT molecular complexity index is 869. The van der Waals surface area contributed by atoms with Crippen LogP contribution in [-0.4, -0.2) is 44.0 Å².